The van der Waals surface area contributed by atoms with Crippen LogP contribution in [0.2, 0.25) is 0 Å². The molecule has 3 aliphatic heterocycles. The maximum Gasteiger partial charge on any atom is 0.342 e. The number of carbonyl (C=O) groups excluding carboxylic acids is 1. The molecule has 164 valence electrons. The van der Waals surface area contributed by atoms with Crippen molar-refractivity contribution in [2.75, 3.05) is 26.8 Å². The maximum absolute atomic E-state index is 12.6. The van der Waals surface area contributed by atoms with Crippen LogP contribution in [-0.2, 0) is 4.74 Å². The number of rotatable bonds is 4. The first-order valence-corrected chi connectivity index (χ1v) is 10.8. The highest BCUT2D eigenvalue weighted by molar-refractivity contribution is 5.95. The molecule has 1 N–H and O–H groups in total. The molecule has 0 saturated carbocycles. The van der Waals surface area contributed by atoms with Crippen molar-refractivity contribution < 1.29 is 19.4 Å². The number of esters is 1. The minimum Gasteiger partial charge on any atom is -0.496 e. The number of aliphatic hydroxyl groups excluding tert-OH is 1. The van der Waals surface area contributed by atoms with Crippen molar-refractivity contribution in [3.05, 3.63) is 41.5 Å². The Kier molecular flexibility index (Phi) is 8.95. The topological polar surface area (TPSA) is 59.0 Å². The highest BCUT2D eigenvalue weighted by atomic mass is 16.5. The predicted molar refractivity (Wildman–Crippen MR) is 120 cm³/mol. The maximum atomic E-state index is 12.6. The van der Waals surface area contributed by atoms with Crippen LogP contribution in [0.15, 0.2) is 24.8 Å². The second-order valence-electron chi connectivity index (χ2n) is 7.97. The molecule has 3 aliphatic rings. The Labute approximate surface area is 181 Å². The van der Waals surface area contributed by atoms with Gasteiger partial charge in [0.25, 0.3) is 0 Å². The van der Waals surface area contributed by atoms with Gasteiger partial charge in [-0.05, 0) is 69.3 Å². The molecule has 0 aromatic heterocycles. The Balaban J connectivity index is 0.00000101. The second kappa shape index (κ2) is 11.2. The fourth-order valence-electron chi connectivity index (χ4n) is 4.23. The van der Waals surface area contributed by atoms with E-state index in [2.05, 4.69) is 23.3 Å². The van der Waals surface area contributed by atoms with Crippen molar-refractivity contribution in [1.29, 1.82) is 0 Å². The lowest BCUT2D eigenvalue weighted by Gasteiger charge is -2.46. The number of piperidine rings is 3. The van der Waals surface area contributed by atoms with Crippen LogP contribution in [0.3, 0.4) is 0 Å². The van der Waals surface area contributed by atoms with Crippen LogP contribution in [-0.4, -0.2) is 54.9 Å². The summed E-state index contributed by atoms with van der Waals surface area (Å²) in [7, 11) is 1.55. The third-order valence-corrected chi connectivity index (χ3v) is 5.61. The molecular formula is C25H35NO4. The van der Waals surface area contributed by atoms with Crippen molar-refractivity contribution >= 4 is 5.97 Å². The number of methoxy groups -OCH3 is 1. The molecule has 1 aromatic rings. The fourth-order valence-corrected chi connectivity index (χ4v) is 4.23. The van der Waals surface area contributed by atoms with Crippen LogP contribution in [0.25, 0.3) is 0 Å². The van der Waals surface area contributed by atoms with E-state index < -0.39 is 6.10 Å². The highest BCUT2D eigenvalue weighted by Crippen LogP contribution is 2.33. The van der Waals surface area contributed by atoms with Crippen molar-refractivity contribution in [2.45, 2.75) is 58.6 Å². The Morgan fingerprint density at radius 2 is 2.00 bits per heavy atom. The van der Waals surface area contributed by atoms with Gasteiger partial charge >= 0.3 is 5.97 Å². The minimum atomic E-state index is -0.398. The lowest BCUT2D eigenvalue weighted by atomic mass is 9.80. The minimum absolute atomic E-state index is 0.0804. The molecule has 1 aromatic carbocycles. The second-order valence-corrected chi connectivity index (χ2v) is 7.97. The largest absolute Gasteiger partial charge is 0.496 e. The third kappa shape index (κ3) is 5.24. The molecule has 2 bridgehead atoms. The van der Waals surface area contributed by atoms with Crippen molar-refractivity contribution in [1.82, 2.24) is 4.90 Å². The van der Waals surface area contributed by atoms with E-state index in [1.807, 2.05) is 26.8 Å². The SMILES string of the molecule is C=CC.CCOC(=O)c1c(OC)ccc(C#CC2C(O)C3CCN2CC3)c1C(C)C. The van der Waals surface area contributed by atoms with Crippen LogP contribution in [0.1, 0.15) is 67.9 Å². The van der Waals surface area contributed by atoms with Gasteiger partial charge in [-0.15, -0.1) is 6.58 Å². The summed E-state index contributed by atoms with van der Waals surface area (Å²) in [6.07, 6.45) is 3.45. The van der Waals surface area contributed by atoms with Gasteiger partial charge in [-0.3, -0.25) is 4.90 Å². The number of carbonyl (C=O) groups is 1. The van der Waals surface area contributed by atoms with E-state index in [1.54, 1.807) is 26.2 Å². The Hall–Kier alpha value is -2.29. The van der Waals surface area contributed by atoms with Crippen LogP contribution >= 0.6 is 0 Å². The average Bonchev–Trinajstić information content (AvgIpc) is 2.73. The van der Waals surface area contributed by atoms with E-state index in [4.69, 9.17) is 9.47 Å². The molecule has 0 aliphatic carbocycles. The van der Waals surface area contributed by atoms with Crippen LogP contribution in [0.5, 0.6) is 5.75 Å². The van der Waals surface area contributed by atoms with Gasteiger partial charge in [0.2, 0.25) is 0 Å². The highest BCUT2D eigenvalue weighted by Gasteiger charge is 2.40. The number of hydrogen-bond acceptors (Lipinski definition) is 5. The lowest BCUT2D eigenvalue weighted by Crippen LogP contribution is -2.57. The number of ether oxygens (including phenoxy) is 2. The molecule has 3 fully saturated rings. The molecule has 5 heteroatoms. The molecule has 5 nitrogen and oxygen atoms in total. The number of fused-ring (bicyclic) bond motifs is 3. The summed E-state index contributed by atoms with van der Waals surface area (Å²) in [4.78, 5) is 14.8. The first kappa shape index (κ1) is 24.0. The number of benzene rings is 1. The van der Waals surface area contributed by atoms with Gasteiger partial charge in [0.1, 0.15) is 11.3 Å². The molecule has 2 unspecified atom stereocenters. The van der Waals surface area contributed by atoms with Gasteiger partial charge in [-0.1, -0.05) is 31.8 Å². The molecular weight excluding hydrogens is 378 g/mol. The van der Waals surface area contributed by atoms with E-state index in [0.717, 1.165) is 37.1 Å². The van der Waals surface area contributed by atoms with E-state index in [0.29, 0.717) is 23.8 Å². The van der Waals surface area contributed by atoms with Crippen LogP contribution in [0, 0.1) is 17.8 Å². The average molecular weight is 414 g/mol. The summed E-state index contributed by atoms with van der Waals surface area (Å²) in [6.45, 7) is 13.4. The zero-order chi connectivity index (χ0) is 22.3. The number of hydrogen-bond donors (Lipinski definition) is 1. The van der Waals surface area contributed by atoms with Crippen molar-refractivity contribution in [2.24, 2.45) is 5.92 Å². The van der Waals surface area contributed by atoms with Gasteiger partial charge in [-0.2, -0.15) is 0 Å². The van der Waals surface area contributed by atoms with Crippen molar-refractivity contribution in [3.63, 3.8) is 0 Å². The first-order chi connectivity index (χ1) is 14.4. The van der Waals surface area contributed by atoms with E-state index in [9.17, 15) is 9.90 Å². The normalized spacial score (nSPS) is 24.2. The number of nitrogens with zero attached hydrogens (tertiary/aromatic N) is 1. The van der Waals surface area contributed by atoms with Crippen LogP contribution < -0.4 is 4.74 Å². The summed E-state index contributed by atoms with van der Waals surface area (Å²) >= 11 is 0. The van der Waals surface area contributed by atoms with E-state index in [-0.39, 0.29) is 17.9 Å². The summed E-state index contributed by atoms with van der Waals surface area (Å²) < 4.78 is 10.7. The Morgan fingerprint density at radius 1 is 1.37 bits per heavy atom. The smallest absolute Gasteiger partial charge is 0.342 e. The number of allylic oxidation sites excluding steroid dienone is 1. The standard InChI is InChI=1S/C22H29NO4.C3H6/c1-5-27-22(25)20-18(26-4)9-7-15(19(20)14(2)3)6-8-17-21(24)16-10-12-23(17)13-11-16;1-3-2/h7,9,14,16-17,21,24H,5,10-13H2,1-4H3;3H,1H2,2H3. The molecule has 4 rings (SSSR count). The van der Waals surface area contributed by atoms with Gasteiger partial charge in [0.15, 0.2) is 0 Å². The monoisotopic (exact) mass is 413 g/mol. The molecule has 0 radical (unpaired) electrons. The molecule has 0 spiro atoms. The summed E-state index contributed by atoms with van der Waals surface area (Å²) in [5.41, 5.74) is 2.08. The zero-order valence-corrected chi connectivity index (χ0v) is 18.9. The Morgan fingerprint density at radius 3 is 2.50 bits per heavy atom. The Bertz CT molecular complexity index is 795. The van der Waals surface area contributed by atoms with E-state index in [1.165, 1.54) is 0 Å². The van der Waals surface area contributed by atoms with Crippen LogP contribution in [0.4, 0.5) is 0 Å². The summed E-state index contributed by atoms with van der Waals surface area (Å²) in [6, 6.07) is 3.53. The fraction of sp³-hybridized carbons (Fsp3) is 0.560. The molecule has 3 saturated heterocycles. The van der Waals surface area contributed by atoms with Crippen molar-refractivity contribution in [3.8, 4) is 17.6 Å². The number of aliphatic hydroxyl groups is 1. The molecule has 30 heavy (non-hydrogen) atoms. The third-order valence-electron chi connectivity index (χ3n) is 5.61. The summed E-state index contributed by atoms with van der Waals surface area (Å²) in [5, 5.41) is 10.6. The lowest BCUT2D eigenvalue weighted by molar-refractivity contribution is -0.0500. The van der Waals surface area contributed by atoms with E-state index >= 15 is 0 Å². The van der Waals surface area contributed by atoms with Gasteiger partial charge in [-0.25, -0.2) is 4.79 Å². The van der Waals surface area contributed by atoms with Gasteiger partial charge in [0.05, 0.1) is 25.9 Å². The quantitative estimate of drug-likeness (QED) is 0.459. The molecule has 0 amide bonds. The first-order valence-electron chi connectivity index (χ1n) is 10.8. The van der Waals surface area contributed by atoms with Gasteiger partial charge in [0, 0.05) is 5.56 Å². The summed E-state index contributed by atoms with van der Waals surface area (Å²) in [5.74, 6) is 7.08. The predicted octanol–water partition coefficient (Wildman–Crippen LogP) is 3.99. The molecule has 2 atom stereocenters. The van der Waals surface area contributed by atoms with Gasteiger partial charge < -0.3 is 14.6 Å². The molecule has 3 heterocycles. The zero-order valence-electron chi connectivity index (χ0n) is 18.9.